The lowest BCUT2D eigenvalue weighted by molar-refractivity contribution is -0.146. The molecular formula is C29H43N3O5. The number of unbranched alkanes of at least 4 members (excludes halogenated alkanes) is 3. The first-order valence-corrected chi connectivity index (χ1v) is 14.0. The highest BCUT2D eigenvalue weighted by Gasteiger charge is 2.77. The van der Waals surface area contributed by atoms with Crippen LogP contribution in [-0.4, -0.2) is 64.2 Å². The molecule has 3 fully saturated rings. The van der Waals surface area contributed by atoms with Crippen LogP contribution in [0.3, 0.4) is 0 Å². The molecule has 1 aromatic rings. The third-order valence-corrected chi connectivity index (χ3v) is 8.53. The Balaban J connectivity index is 1.58. The van der Waals surface area contributed by atoms with E-state index in [4.69, 9.17) is 9.84 Å². The lowest BCUT2D eigenvalue weighted by atomic mass is 9.66. The Morgan fingerprint density at radius 2 is 1.86 bits per heavy atom. The van der Waals surface area contributed by atoms with Gasteiger partial charge in [-0.05, 0) is 51.5 Å². The zero-order chi connectivity index (χ0) is 26.6. The van der Waals surface area contributed by atoms with Gasteiger partial charge in [-0.25, -0.2) is 0 Å². The van der Waals surface area contributed by atoms with Crippen LogP contribution < -0.4 is 10.6 Å². The molecule has 204 valence electrons. The van der Waals surface area contributed by atoms with E-state index in [-0.39, 0.29) is 30.4 Å². The number of nitrogens with one attached hydrogen (secondary N) is 2. The molecular weight excluding hydrogens is 470 g/mol. The number of benzene rings is 1. The number of aliphatic hydroxyl groups is 1. The topological polar surface area (TPSA) is 108 Å². The lowest BCUT2D eigenvalue weighted by Gasteiger charge is -2.34. The molecule has 1 aromatic carbocycles. The van der Waals surface area contributed by atoms with E-state index in [0.29, 0.717) is 25.9 Å². The number of nitrogens with zero attached hydrogens (tertiary/aromatic N) is 1. The van der Waals surface area contributed by atoms with Crippen molar-refractivity contribution in [3.8, 4) is 0 Å². The summed E-state index contributed by atoms with van der Waals surface area (Å²) in [5.41, 5.74) is -0.770. The predicted octanol–water partition coefficient (Wildman–Crippen LogP) is 2.93. The third-order valence-electron chi connectivity index (χ3n) is 8.53. The van der Waals surface area contributed by atoms with Gasteiger partial charge in [-0.15, -0.1) is 0 Å². The van der Waals surface area contributed by atoms with E-state index in [1.54, 1.807) is 4.90 Å². The number of hydrogen-bond acceptors (Lipinski definition) is 5. The average Bonchev–Trinajstić information content (AvgIpc) is 3.44. The third kappa shape index (κ3) is 5.28. The number of fused-ring (bicyclic) bond motifs is 1. The van der Waals surface area contributed by atoms with Gasteiger partial charge in [0.15, 0.2) is 0 Å². The molecule has 0 aromatic heterocycles. The second kappa shape index (κ2) is 11.5. The molecule has 8 nitrogen and oxygen atoms in total. The van der Waals surface area contributed by atoms with Gasteiger partial charge < -0.3 is 25.4 Å². The van der Waals surface area contributed by atoms with Gasteiger partial charge in [0.25, 0.3) is 0 Å². The fraction of sp³-hybridized carbons (Fsp3) is 0.690. The molecule has 2 bridgehead atoms. The van der Waals surface area contributed by atoms with Gasteiger partial charge in [0.2, 0.25) is 17.7 Å². The van der Waals surface area contributed by atoms with Crippen LogP contribution in [0.5, 0.6) is 0 Å². The van der Waals surface area contributed by atoms with Crippen molar-refractivity contribution in [3.63, 3.8) is 0 Å². The van der Waals surface area contributed by atoms with E-state index in [1.807, 2.05) is 44.2 Å². The van der Waals surface area contributed by atoms with E-state index in [1.165, 1.54) is 0 Å². The lowest BCUT2D eigenvalue weighted by Crippen LogP contribution is -2.56. The van der Waals surface area contributed by atoms with Gasteiger partial charge in [-0.1, -0.05) is 56.5 Å². The van der Waals surface area contributed by atoms with Crippen molar-refractivity contribution in [1.82, 2.24) is 15.5 Å². The maximum absolute atomic E-state index is 14.0. The van der Waals surface area contributed by atoms with Crippen LogP contribution in [0.2, 0.25) is 0 Å². The largest absolute Gasteiger partial charge is 0.396 e. The van der Waals surface area contributed by atoms with E-state index >= 15 is 0 Å². The Labute approximate surface area is 220 Å². The molecule has 6 atom stereocenters. The second-order valence-electron chi connectivity index (χ2n) is 11.3. The SMILES string of the molecule is CCCC(C)NC(=O)C1N(CCCCCCO)C(=O)[C@@H]2[C@H](C(=O)NCc3ccccc3)[C@]3(C)CCC12O3. The van der Waals surface area contributed by atoms with Crippen LogP contribution in [0.15, 0.2) is 30.3 Å². The number of aliphatic hydroxyl groups excluding tert-OH is 1. The zero-order valence-electron chi connectivity index (χ0n) is 22.5. The van der Waals surface area contributed by atoms with Gasteiger partial charge in [0, 0.05) is 25.7 Å². The van der Waals surface area contributed by atoms with Gasteiger partial charge in [-0.3, -0.25) is 14.4 Å². The highest BCUT2D eigenvalue weighted by molar-refractivity contribution is 5.99. The molecule has 3 aliphatic rings. The highest BCUT2D eigenvalue weighted by atomic mass is 16.5. The fourth-order valence-corrected chi connectivity index (χ4v) is 6.84. The minimum Gasteiger partial charge on any atom is -0.396 e. The summed E-state index contributed by atoms with van der Waals surface area (Å²) < 4.78 is 6.66. The average molecular weight is 514 g/mol. The summed E-state index contributed by atoms with van der Waals surface area (Å²) in [6.45, 7) is 6.97. The van der Waals surface area contributed by atoms with Crippen molar-refractivity contribution in [3.05, 3.63) is 35.9 Å². The van der Waals surface area contributed by atoms with Crippen LogP contribution in [-0.2, 0) is 25.7 Å². The van der Waals surface area contributed by atoms with Crippen LogP contribution in [0.4, 0.5) is 0 Å². The van der Waals surface area contributed by atoms with Crippen molar-refractivity contribution in [1.29, 1.82) is 0 Å². The monoisotopic (exact) mass is 513 g/mol. The van der Waals surface area contributed by atoms with Crippen molar-refractivity contribution < 1.29 is 24.2 Å². The van der Waals surface area contributed by atoms with Crippen LogP contribution in [0, 0.1) is 11.8 Å². The Morgan fingerprint density at radius 1 is 1.14 bits per heavy atom. The first-order valence-electron chi connectivity index (χ1n) is 14.0. The Hall–Kier alpha value is -2.45. The maximum Gasteiger partial charge on any atom is 0.246 e. The quantitative estimate of drug-likeness (QED) is 0.352. The number of carbonyl (C=O) groups is 3. The Kier molecular flexibility index (Phi) is 8.59. The summed E-state index contributed by atoms with van der Waals surface area (Å²) in [6, 6.07) is 8.96. The molecule has 0 saturated carbocycles. The molecule has 0 radical (unpaired) electrons. The minimum atomic E-state index is -0.984. The normalized spacial score (nSPS) is 30.9. The highest BCUT2D eigenvalue weighted by Crippen LogP contribution is 2.63. The van der Waals surface area contributed by atoms with E-state index in [0.717, 1.165) is 44.1 Å². The summed E-state index contributed by atoms with van der Waals surface area (Å²) in [5, 5.41) is 15.3. The van der Waals surface area contributed by atoms with Crippen molar-refractivity contribution in [2.24, 2.45) is 11.8 Å². The number of amides is 3. The summed E-state index contributed by atoms with van der Waals surface area (Å²) in [4.78, 5) is 43.0. The van der Waals surface area contributed by atoms with Crippen molar-refractivity contribution >= 4 is 17.7 Å². The molecule has 8 heteroatoms. The molecule has 4 rings (SSSR count). The molecule has 3 N–H and O–H groups in total. The molecule has 3 aliphatic heterocycles. The summed E-state index contributed by atoms with van der Waals surface area (Å²) in [5.74, 6) is -1.82. The fourth-order valence-electron chi connectivity index (χ4n) is 6.84. The van der Waals surface area contributed by atoms with E-state index < -0.39 is 29.1 Å². The molecule has 3 unspecified atom stereocenters. The zero-order valence-corrected chi connectivity index (χ0v) is 22.5. The first-order chi connectivity index (χ1) is 17.8. The minimum absolute atomic E-state index is 0.00591. The number of rotatable bonds is 13. The van der Waals surface area contributed by atoms with Crippen molar-refractivity contribution in [2.75, 3.05) is 13.2 Å². The van der Waals surface area contributed by atoms with E-state index in [2.05, 4.69) is 17.6 Å². The van der Waals surface area contributed by atoms with Crippen LogP contribution in [0.25, 0.3) is 0 Å². The first kappa shape index (κ1) is 27.6. The van der Waals surface area contributed by atoms with Crippen molar-refractivity contribution in [2.45, 2.75) is 102 Å². The Morgan fingerprint density at radius 3 is 2.57 bits per heavy atom. The van der Waals surface area contributed by atoms with Crippen LogP contribution >= 0.6 is 0 Å². The van der Waals surface area contributed by atoms with E-state index in [9.17, 15) is 14.4 Å². The number of carbonyl (C=O) groups excluding carboxylic acids is 3. The molecule has 1 spiro atoms. The molecule has 3 heterocycles. The van der Waals surface area contributed by atoms with Gasteiger partial charge in [0.1, 0.15) is 11.6 Å². The molecule has 37 heavy (non-hydrogen) atoms. The number of ether oxygens (including phenoxy) is 1. The smallest absolute Gasteiger partial charge is 0.246 e. The number of likely N-dealkylation sites (tertiary alicyclic amines) is 1. The van der Waals surface area contributed by atoms with Gasteiger partial charge >= 0.3 is 0 Å². The van der Waals surface area contributed by atoms with Gasteiger partial charge in [-0.2, -0.15) is 0 Å². The van der Waals surface area contributed by atoms with Gasteiger partial charge in [0.05, 0.1) is 17.4 Å². The summed E-state index contributed by atoms with van der Waals surface area (Å²) in [7, 11) is 0. The predicted molar refractivity (Wildman–Crippen MR) is 140 cm³/mol. The van der Waals surface area contributed by atoms with Crippen LogP contribution in [0.1, 0.15) is 77.7 Å². The maximum atomic E-state index is 14.0. The summed E-state index contributed by atoms with van der Waals surface area (Å²) >= 11 is 0. The molecule has 3 saturated heterocycles. The second-order valence-corrected chi connectivity index (χ2v) is 11.3. The Bertz CT molecular complexity index is 972. The standard InChI is InChI=1S/C29H43N3O5/c1-4-12-20(2)31-26(35)24-29-16-15-28(3,37-29)22(25(34)30-19-21-13-8-7-9-14-21)23(29)27(36)32(24)17-10-5-6-11-18-33/h7-9,13-14,20,22-24,33H,4-6,10-12,15-19H2,1-3H3,(H,30,34)(H,31,35)/t20?,22-,23+,24?,28+,29?/m1/s1. The molecule has 3 amide bonds. The number of hydrogen-bond donors (Lipinski definition) is 3. The molecule has 0 aliphatic carbocycles. The summed E-state index contributed by atoms with van der Waals surface area (Å²) in [6.07, 6.45) is 6.23.